The van der Waals surface area contributed by atoms with E-state index in [1.54, 1.807) is 18.2 Å². The Morgan fingerprint density at radius 2 is 2.33 bits per heavy atom. The molecule has 1 amide bonds. The van der Waals surface area contributed by atoms with E-state index >= 15 is 0 Å². The molecule has 0 heterocycles. The van der Waals surface area contributed by atoms with Gasteiger partial charge in [-0.1, -0.05) is 0 Å². The van der Waals surface area contributed by atoms with Gasteiger partial charge in [-0.15, -0.1) is 0 Å². The topological polar surface area (TPSA) is 84.6 Å². The summed E-state index contributed by atoms with van der Waals surface area (Å²) in [6, 6.07) is 5.04. The second-order valence-electron chi connectivity index (χ2n) is 3.89. The molecule has 1 aromatic carbocycles. The van der Waals surface area contributed by atoms with E-state index in [1.807, 2.05) is 0 Å². The molecule has 6 heteroatoms. The van der Waals surface area contributed by atoms with Crippen molar-refractivity contribution in [3.05, 3.63) is 28.2 Å². The molecule has 100 valence electrons. The lowest BCUT2D eigenvalue weighted by Gasteiger charge is -2.11. The number of ether oxygens (including phenoxy) is 1. The Hall–Kier alpha value is -1.11. The maximum absolute atomic E-state index is 11.8. The van der Waals surface area contributed by atoms with Crippen LogP contribution in [0.3, 0.4) is 0 Å². The van der Waals surface area contributed by atoms with Crippen LogP contribution >= 0.6 is 15.9 Å². The van der Waals surface area contributed by atoms with E-state index in [4.69, 9.17) is 10.5 Å². The number of hydrogen-bond donors (Lipinski definition) is 3. The summed E-state index contributed by atoms with van der Waals surface area (Å²) >= 11 is 3.29. The summed E-state index contributed by atoms with van der Waals surface area (Å²) < 4.78 is 5.48. The number of carbonyl (C=O) groups is 1. The minimum atomic E-state index is -0.570. The number of rotatable bonds is 6. The fourth-order valence-corrected chi connectivity index (χ4v) is 1.87. The first kappa shape index (κ1) is 14.9. The zero-order valence-corrected chi connectivity index (χ0v) is 11.7. The summed E-state index contributed by atoms with van der Waals surface area (Å²) in [5, 5.41) is 12.1. The molecule has 1 atom stereocenters. The number of hydrogen-bond acceptors (Lipinski definition) is 4. The second kappa shape index (κ2) is 7.35. The fraction of sp³-hybridized carbons (Fsp3) is 0.417. The van der Waals surface area contributed by atoms with Gasteiger partial charge in [0.1, 0.15) is 0 Å². The van der Waals surface area contributed by atoms with Crippen molar-refractivity contribution in [2.75, 3.05) is 26.0 Å². The van der Waals surface area contributed by atoms with Crippen LogP contribution in [0.2, 0.25) is 0 Å². The van der Waals surface area contributed by atoms with Gasteiger partial charge in [0.05, 0.1) is 18.3 Å². The number of anilines is 1. The number of halogens is 1. The van der Waals surface area contributed by atoms with Gasteiger partial charge in [-0.25, -0.2) is 0 Å². The van der Waals surface area contributed by atoms with Crippen molar-refractivity contribution >= 4 is 27.5 Å². The molecule has 0 spiro atoms. The Morgan fingerprint density at radius 3 is 3.00 bits per heavy atom. The number of nitrogens with one attached hydrogen (secondary N) is 1. The smallest absolute Gasteiger partial charge is 0.252 e. The van der Waals surface area contributed by atoms with Gasteiger partial charge >= 0.3 is 0 Å². The third-order valence-corrected chi connectivity index (χ3v) is 3.05. The van der Waals surface area contributed by atoms with E-state index in [0.29, 0.717) is 28.7 Å². The van der Waals surface area contributed by atoms with Crippen LogP contribution in [0, 0.1) is 0 Å². The Morgan fingerprint density at radius 1 is 1.61 bits per heavy atom. The first-order valence-corrected chi connectivity index (χ1v) is 6.34. The zero-order chi connectivity index (χ0) is 13.5. The molecule has 0 saturated heterocycles. The minimum absolute atomic E-state index is 0.223. The Labute approximate surface area is 114 Å². The third kappa shape index (κ3) is 4.64. The van der Waals surface area contributed by atoms with E-state index in [2.05, 4.69) is 21.2 Å². The Kier molecular flexibility index (Phi) is 6.11. The number of amides is 1. The van der Waals surface area contributed by atoms with Crippen LogP contribution in [-0.2, 0) is 4.74 Å². The minimum Gasteiger partial charge on any atom is -0.399 e. The van der Waals surface area contributed by atoms with Crippen LogP contribution in [0.5, 0.6) is 0 Å². The predicted octanol–water partition coefficient (Wildman–Crippen LogP) is 1.16. The van der Waals surface area contributed by atoms with Gasteiger partial charge < -0.3 is 20.9 Å². The van der Waals surface area contributed by atoms with E-state index < -0.39 is 6.10 Å². The third-order valence-electron chi connectivity index (χ3n) is 2.36. The lowest BCUT2D eigenvalue weighted by atomic mass is 10.2. The number of aliphatic hydroxyl groups excluding tert-OH is 1. The molecule has 0 aromatic heterocycles. The van der Waals surface area contributed by atoms with E-state index in [9.17, 15) is 9.90 Å². The summed E-state index contributed by atoms with van der Waals surface area (Å²) in [6.07, 6.45) is -0.126. The maximum Gasteiger partial charge on any atom is 0.252 e. The highest BCUT2D eigenvalue weighted by Crippen LogP contribution is 2.19. The molecular formula is C12H17BrN2O3. The Bertz CT molecular complexity index is 412. The zero-order valence-electron chi connectivity index (χ0n) is 10.1. The maximum atomic E-state index is 11.8. The number of methoxy groups -OCH3 is 1. The van der Waals surface area contributed by atoms with Gasteiger partial charge in [0.25, 0.3) is 5.91 Å². The fourth-order valence-electron chi connectivity index (χ4n) is 1.44. The monoisotopic (exact) mass is 316 g/mol. The van der Waals surface area contributed by atoms with Crippen molar-refractivity contribution in [3.8, 4) is 0 Å². The standard InChI is InChI=1S/C12H17BrN2O3/c1-18-7-9(16)4-5-15-12(17)10-6-8(14)2-3-11(10)13/h2-3,6,9,16H,4-5,7,14H2,1H3,(H,15,17). The number of benzene rings is 1. The second-order valence-corrected chi connectivity index (χ2v) is 4.75. The first-order chi connectivity index (χ1) is 8.54. The summed E-state index contributed by atoms with van der Waals surface area (Å²) in [4.78, 5) is 11.8. The molecule has 1 unspecified atom stereocenters. The molecule has 1 rings (SSSR count). The first-order valence-electron chi connectivity index (χ1n) is 5.54. The lowest BCUT2D eigenvalue weighted by molar-refractivity contribution is 0.0587. The molecule has 1 aromatic rings. The molecule has 4 N–H and O–H groups in total. The van der Waals surface area contributed by atoms with Crippen molar-refractivity contribution < 1.29 is 14.6 Å². The Balaban J connectivity index is 2.48. The van der Waals surface area contributed by atoms with Crippen LogP contribution in [0.1, 0.15) is 16.8 Å². The van der Waals surface area contributed by atoms with Crippen LogP contribution < -0.4 is 11.1 Å². The molecular weight excluding hydrogens is 300 g/mol. The molecule has 0 saturated carbocycles. The predicted molar refractivity (Wildman–Crippen MR) is 73.4 cm³/mol. The largest absolute Gasteiger partial charge is 0.399 e. The highest BCUT2D eigenvalue weighted by atomic mass is 79.9. The van der Waals surface area contributed by atoms with Crippen LogP contribution in [0.15, 0.2) is 22.7 Å². The van der Waals surface area contributed by atoms with Crippen LogP contribution in [-0.4, -0.2) is 37.4 Å². The molecule has 0 aliphatic carbocycles. The van der Waals surface area contributed by atoms with Gasteiger partial charge in [0.2, 0.25) is 0 Å². The molecule has 18 heavy (non-hydrogen) atoms. The average Bonchev–Trinajstić information content (AvgIpc) is 2.32. The number of aliphatic hydroxyl groups is 1. The highest BCUT2D eigenvalue weighted by Gasteiger charge is 2.11. The van der Waals surface area contributed by atoms with E-state index in [-0.39, 0.29) is 12.5 Å². The van der Waals surface area contributed by atoms with Gasteiger partial charge in [0.15, 0.2) is 0 Å². The SMILES string of the molecule is COCC(O)CCNC(=O)c1cc(N)ccc1Br. The van der Waals surface area contributed by atoms with Crippen LogP contribution in [0.25, 0.3) is 0 Å². The van der Waals surface area contributed by atoms with Crippen molar-refractivity contribution in [2.45, 2.75) is 12.5 Å². The molecule has 0 aliphatic rings. The van der Waals surface area contributed by atoms with E-state index in [1.165, 1.54) is 7.11 Å². The quantitative estimate of drug-likeness (QED) is 0.688. The summed E-state index contributed by atoms with van der Waals surface area (Å²) in [5.41, 5.74) is 6.64. The molecule has 5 nitrogen and oxygen atoms in total. The van der Waals surface area contributed by atoms with Crippen molar-refractivity contribution in [3.63, 3.8) is 0 Å². The average molecular weight is 317 g/mol. The molecule has 0 radical (unpaired) electrons. The van der Waals surface area contributed by atoms with Crippen LogP contribution in [0.4, 0.5) is 5.69 Å². The van der Waals surface area contributed by atoms with Gasteiger partial charge in [-0.05, 0) is 40.5 Å². The normalized spacial score (nSPS) is 12.2. The van der Waals surface area contributed by atoms with E-state index in [0.717, 1.165) is 0 Å². The van der Waals surface area contributed by atoms with Gasteiger partial charge in [-0.2, -0.15) is 0 Å². The summed E-state index contributed by atoms with van der Waals surface area (Å²) in [5.74, 6) is -0.223. The lowest BCUT2D eigenvalue weighted by Crippen LogP contribution is -2.28. The summed E-state index contributed by atoms with van der Waals surface area (Å²) in [7, 11) is 1.52. The van der Waals surface area contributed by atoms with Crippen molar-refractivity contribution in [1.29, 1.82) is 0 Å². The molecule has 0 aliphatic heterocycles. The molecule has 0 fully saturated rings. The number of nitrogens with two attached hydrogens (primary N) is 1. The van der Waals surface area contributed by atoms with Crippen molar-refractivity contribution in [1.82, 2.24) is 5.32 Å². The highest BCUT2D eigenvalue weighted by molar-refractivity contribution is 9.10. The number of nitrogen functional groups attached to an aromatic ring is 1. The summed E-state index contributed by atoms with van der Waals surface area (Å²) in [6.45, 7) is 0.641. The van der Waals surface area contributed by atoms with Gasteiger partial charge in [0, 0.05) is 23.8 Å². The van der Waals surface area contributed by atoms with Gasteiger partial charge in [-0.3, -0.25) is 4.79 Å². The number of carbonyl (C=O) groups excluding carboxylic acids is 1. The molecule has 0 bridgehead atoms. The van der Waals surface area contributed by atoms with Crippen molar-refractivity contribution in [2.24, 2.45) is 0 Å².